The first-order chi connectivity index (χ1) is 17.5. The molecule has 6 rings (SSSR count). The van der Waals surface area contributed by atoms with Gasteiger partial charge in [-0.05, 0) is 36.6 Å². The number of thiophene rings is 1. The van der Waals surface area contributed by atoms with Crippen LogP contribution in [0.3, 0.4) is 0 Å². The molecule has 1 atom stereocenters. The normalized spacial score (nSPS) is 17.6. The number of rotatable bonds is 6. The number of hydrogen-bond donors (Lipinski definition) is 1. The highest BCUT2D eigenvalue weighted by atomic mass is 32.2. The molecule has 0 bridgehead atoms. The molecule has 3 aromatic heterocycles. The van der Waals surface area contributed by atoms with E-state index >= 15 is 0 Å². The summed E-state index contributed by atoms with van der Waals surface area (Å²) in [6.45, 7) is 4.93. The number of hydrogen-bond acceptors (Lipinski definition) is 8. The Labute approximate surface area is 221 Å². The first-order valence-electron chi connectivity index (χ1n) is 11.8. The number of benzene rings is 2. The fraction of sp³-hybridized carbons (Fsp3) is 0.308. The van der Waals surface area contributed by atoms with Gasteiger partial charge in [-0.3, -0.25) is 4.79 Å². The second-order valence-electron chi connectivity index (χ2n) is 9.06. The Kier molecular flexibility index (Phi) is 6.15. The SMILES string of the molecule is CC[C@@]1(C)Cc2c(sc3nc(SC)n4c(SCC(=O)Nc5cccc6ccccc56)nnc4c23)CO1. The maximum atomic E-state index is 12.9. The lowest BCUT2D eigenvalue weighted by atomic mass is 9.90. The minimum atomic E-state index is -0.187. The van der Waals surface area contributed by atoms with E-state index in [1.807, 2.05) is 53.1 Å². The van der Waals surface area contributed by atoms with Crippen molar-refractivity contribution >= 4 is 73.1 Å². The van der Waals surface area contributed by atoms with E-state index in [1.54, 1.807) is 23.1 Å². The number of anilines is 1. The van der Waals surface area contributed by atoms with Crippen LogP contribution in [-0.4, -0.2) is 43.1 Å². The minimum absolute atomic E-state index is 0.0865. The fourth-order valence-corrected chi connectivity index (χ4v) is 7.11. The van der Waals surface area contributed by atoms with E-state index in [2.05, 4.69) is 29.4 Å². The molecule has 1 N–H and O–H groups in total. The van der Waals surface area contributed by atoms with Gasteiger partial charge >= 0.3 is 0 Å². The third kappa shape index (κ3) is 4.06. The van der Waals surface area contributed by atoms with Gasteiger partial charge in [0.15, 0.2) is 16.0 Å². The number of thioether (sulfide) groups is 2. The van der Waals surface area contributed by atoms with Crippen LogP contribution in [0, 0.1) is 0 Å². The van der Waals surface area contributed by atoms with E-state index in [1.165, 1.54) is 22.2 Å². The Hall–Kier alpha value is -2.66. The Morgan fingerprint density at radius 2 is 2.03 bits per heavy atom. The van der Waals surface area contributed by atoms with Gasteiger partial charge < -0.3 is 10.1 Å². The molecule has 0 saturated carbocycles. The number of nitrogens with one attached hydrogen (secondary N) is 1. The third-order valence-electron chi connectivity index (χ3n) is 6.75. The highest BCUT2D eigenvalue weighted by molar-refractivity contribution is 8.00. The highest BCUT2D eigenvalue weighted by Gasteiger charge is 2.33. The van der Waals surface area contributed by atoms with E-state index in [9.17, 15) is 4.79 Å². The molecule has 4 heterocycles. The van der Waals surface area contributed by atoms with E-state index < -0.39 is 0 Å². The van der Waals surface area contributed by atoms with Crippen molar-refractivity contribution in [1.29, 1.82) is 0 Å². The number of aromatic nitrogens is 4. The Morgan fingerprint density at radius 3 is 2.86 bits per heavy atom. The van der Waals surface area contributed by atoms with Crippen LogP contribution < -0.4 is 5.32 Å². The van der Waals surface area contributed by atoms with Crippen LogP contribution in [0.1, 0.15) is 30.7 Å². The topological polar surface area (TPSA) is 81.4 Å². The van der Waals surface area contributed by atoms with E-state index in [-0.39, 0.29) is 17.3 Å². The summed E-state index contributed by atoms with van der Waals surface area (Å²) < 4.78 is 8.17. The highest BCUT2D eigenvalue weighted by Crippen LogP contribution is 2.42. The molecule has 5 aromatic rings. The summed E-state index contributed by atoms with van der Waals surface area (Å²) in [4.78, 5) is 20.0. The van der Waals surface area contributed by atoms with Crippen LogP contribution in [0.15, 0.2) is 52.8 Å². The molecule has 0 saturated heterocycles. The summed E-state index contributed by atoms with van der Waals surface area (Å²) in [6, 6.07) is 13.9. The molecule has 184 valence electrons. The third-order valence-corrected chi connectivity index (χ3v) is 9.41. The molecule has 1 amide bonds. The summed E-state index contributed by atoms with van der Waals surface area (Å²) in [5.74, 6) is 0.135. The van der Waals surface area contributed by atoms with Crippen molar-refractivity contribution < 1.29 is 9.53 Å². The fourth-order valence-electron chi connectivity index (χ4n) is 4.62. The molecule has 0 aliphatic carbocycles. The molecule has 0 spiro atoms. The van der Waals surface area contributed by atoms with Crippen molar-refractivity contribution in [3.05, 3.63) is 52.9 Å². The summed E-state index contributed by atoms with van der Waals surface area (Å²) in [7, 11) is 0. The van der Waals surface area contributed by atoms with Gasteiger partial charge in [0.1, 0.15) is 4.83 Å². The van der Waals surface area contributed by atoms with Crippen LogP contribution in [0.25, 0.3) is 26.6 Å². The standard InChI is InChI=1S/C26H25N5O2S3/c1-4-26(2)12-17-19(13-33-26)36-23-21(17)22-29-30-25(31(22)24(28-23)34-3)35-14-20(32)27-18-11-7-9-15-8-5-6-10-16(15)18/h5-11H,4,12-14H2,1-3H3,(H,27,32)/t26-/m0/s1. The molecule has 10 heteroatoms. The van der Waals surface area contributed by atoms with Crippen LogP contribution >= 0.6 is 34.9 Å². The molecule has 1 aliphatic heterocycles. The van der Waals surface area contributed by atoms with Gasteiger partial charge in [0.25, 0.3) is 0 Å². The van der Waals surface area contributed by atoms with Gasteiger partial charge in [0, 0.05) is 22.4 Å². The van der Waals surface area contributed by atoms with Crippen molar-refractivity contribution in [1.82, 2.24) is 19.6 Å². The second-order valence-corrected chi connectivity index (χ2v) is 11.9. The number of carbonyl (C=O) groups is 1. The second kappa shape index (κ2) is 9.33. The Balaban J connectivity index is 1.31. The first kappa shape index (κ1) is 23.7. The summed E-state index contributed by atoms with van der Waals surface area (Å²) in [6.07, 6.45) is 3.77. The summed E-state index contributed by atoms with van der Waals surface area (Å²) >= 11 is 4.61. The summed E-state index contributed by atoms with van der Waals surface area (Å²) in [5.41, 5.74) is 2.70. The van der Waals surface area contributed by atoms with E-state index in [0.717, 1.165) is 50.3 Å². The number of amides is 1. The zero-order valence-corrected chi connectivity index (χ0v) is 22.6. The van der Waals surface area contributed by atoms with Crippen LogP contribution in [0.4, 0.5) is 5.69 Å². The maximum Gasteiger partial charge on any atom is 0.234 e. The number of nitrogens with zero attached hydrogens (tertiary/aromatic N) is 4. The maximum absolute atomic E-state index is 12.9. The Morgan fingerprint density at radius 1 is 1.19 bits per heavy atom. The average Bonchev–Trinajstić information content (AvgIpc) is 3.48. The monoisotopic (exact) mass is 535 g/mol. The van der Waals surface area contributed by atoms with Crippen molar-refractivity contribution in [3.63, 3.8) is 0 Å². The number of carbonyl (C=O) groups excluding carboxylic acids is 1. The smallest absolute Gasteiger partial charge is 0.234 e. The first-order valence-corrected chi connectivity index (χ1v) is 14.8. The Bertz CT molecular complexity index is 1620. The van der Waals surface area contributed by atoms with Crippen molar-refractivity contribution in [2.24, 2.45) is 0 Å². The molecule has 36 heavy (non-hydrogen) atoms. The summed E-state index contributed by atoms with van der Waals surface area (Å²) in [5, 5.41) is 16.8. The van der Waals surface area contributed by atoms with Crippen molar-refractivity contribution in [3.8, 4) is 0 Å². The average molecular weight is 536 g/mol. The molecule has 0 fully saturated rings. The molecule has 0 unspecified atom stereocenters. The van der Waals surface area contributed by atoms with Gasteiger partial charge in [-0.2, -0.15) is 0 Å². The molecule has 1 aliphatic rings. The van der Waals surface area contributed by atoms with E-state index in [4.69, 9.17) is 9.72 Å². The predicted octanol–water partition coefficient (Wildman–Crippen LogP) is 6.19. The largest absolute Gasteiger partial charge is 0.369 e. The van der Waals surface area contributed by atoms with Gasteiger partial charge in [0.05, 0.1) is 23.3 Å². The lowest BCUT2D eigenvalue weighted by molar-refractivity contribution is -0.113. The molecule has 7 nitrogen and oxygen atoms in total. The van der Waals surface area contributed by atoms with Gasteiger partial charge in [0.2, 0.25) is 5.91 Å². The lowest BCUT2D eigenvalue weighted by Gasteiger charge is -2.32. The van der Waals surface area contributed by atoms with Crippen molar-refractivity contribution in [2.45, 2.75) is 49.2 Å². The quantitative estimate of drug-likeness (QED) is 0.205. The molecule has 2 aromatic carbocycles. The molecular weight excluding hydrogens is 511 g/mol. The van der Waals surface area contributed by atoms with Crippen molar-refractivity contribution in [2.75, 3.05) is 17.3 Å². The van der Waals surface area contributed by atoms with Crippen LogP contribution in [0.5, 0.6) is 0 Å². The van der Waals surface area contributed by atoms with Gasteiger partial charge in [-0.1, -0.05) is 66.8 Å². The molecular formula is C26H25N5O2S3. The lowest BCUT2D eigenvalue weighted by Crippen LogP contribution is -2.33. The van der Waals surface area contributed by atoms with E-state index in [0.29, 0.717) is 11.8 Å². The molecule has 0 radical (unpaired) electrons. The van der Waals surface area contributed by atoms with Gasteiger partial charge in [-0.25, -0.2) is 9.38 Å². The predicted molar refractivity (Wildman–Crippen MR) is 148 cm³/mol. The minimum Gasteiger partial charge on any atom is -0.369 e. The zero-order chi connectivity index (χ0) is 24.9. The van der Waals surface area contributed by atoms with Crippen LogP contribution in [0.2, 0.25) is 0 Å². The number of ether oxygens (including phenoxy) is 1. The van der Waals surface area contributed by atoms with Crippen LogP contribution in [-0.2, 0) is 22.6 Å². The van der Waals surface area contributed by atoms with Gasteiger partial charge in [-0.15, -0.1) is 21.5 Å². The zero-order valence-electron chi connectivity index (χ0n) is 20.2. The number of fused-ring (bicyclic) bond motifs is 6.